The van der Waals surface area contributed by atoms with Crippen LogP contribution in [0.2, 0.25) is 10.0 Å². The van der Waals surface area contributed by atoms with Crippen molar-refractivity contribution in [2.45, 2.75) is 18.8 Å². The van der Waals surface area contributed by atoms with Crippen LogP contribution >= 0.6 is 23.2 Å². The van der Waals surface area contributed by atoms with Gasteiger partial charge in [0.25, 0.3) is 5.91 Å². The minimum Gasteiger partial charge on any atom is -0.342 e. The van der Waals surface area contributed by atoms with E-state index in [4.69, 9.17) is 28.2 Å². The van der Waals surface area contributed by atoms with E-state index in [0.29, 0.717) is 22.2 Å². The number of benzene rings is 2. The number of amides is 1. The minimum absolute atomic E-state index is 0.0368. The molecule has 0 aliphatic carbocycles. The normalized spacial score (nSPS) is 17.8. The first-order valence-electron chi connectivity index (χ1n) is 8.30. The zero-order chi connectivity index (χ0) is 17.4. The van der Waals surface area contributed by atoms with Gasteiger partial charge in [-0.25, -0.2) is 4.98 Å². The van der Waals surface area contributed by atoms with Gasteiger partial charge in [0, 0.05) is 34.6 Å². The van der Waals surface area contributed by atoms with Crippen molar-refractivity contribution >= 4 is 40.1 Å². The fourth-order valence-electron chi connectivity index (χ4n) is 3.41. The molecule has 0 saturated carbocycles. The van der Waals surface area contributed by atoms with E-state index < -0.39 is 0 Å². The maximum Gasteiger partial charge on any atom is 0.253 e. The Labute approximate surface area is 155 Å². The number of halogens is 2. The number of imidazole rings is 1. The predicted octanol–water partition coefficient (Wildman–Crippen LogP) is 4.89. The molecule has 1 fully saturated rings. The van der Waals surface area contributed by atoms with E-state index in [0.717, 1.165) is 36.2 Å². The van der Waals surface area contributed by atoms with Crippen LogP contribution in [0.15, 0.2) is 42.5 Å². The lowest BCUT2D eigenvalue weighted by atomic mass is 9.96. The van der Waals surface area contributed by atoms with Gasteiger partial charge in [-0.15, -0.1) is 0 Å². The number of fused-ring (bicyclic) bond motifs is 1. The van der Waals surface area contributed by atoms with Gasteiger partial charge < -0.3 is 9.88 Å². The van der Waals surface area contributed by atoms with E-state index in [1.54, 1.807) is 18.2 Å². The number of hydrogen-bond donors (Lipinski definition) is 1. The highest BCUT2D eigenvalue weighted by Gasteiger charge is 2.27. The molecule has 0 unspecified atom stereocenters. The molecule has 1 aliphatic heterocycles. The Hall–Kier alpha value is -2.04. The number of nitrogens with one attached hydrogen (secondary N) is 1. The van der Waals surface area contributed by atoms with Crippen molar-refractivity contribution in [3.63, 3.8) is 0 Å². The number of nitrogens with zero attached hydrogens (tertiary/aromatic N) is 2. The van der Waals surface area contributed by atoms with Gasteiger partial charge in [0.05, 0.1) is 11.0 Å². The Morgan fingerprint density at radius 2 is 1.92 bits per heavy atom. The number of piperidine rings is 1. The van der Waals surface area contributed by atoms with Crippen LogP contribution in [0.1, 0.15) is 34.9 Å². The molecule has 1 amide bonds. The summed E-state index contributed by atoms with van der Waals surface area (Å²) in [6.07, 6.45) is 1.96. The first-order valence-corrected chi connectivity index (χ1v) is 9.06. The largest absolute Gasteiger partial charge is 0.342 e. The van der Waals surface area contributed by atoms with Gasteiger partial charge in [0.15, 0.2) is 0 Å². The summed E-state index contributed by atoms with van der Waals surface area (Å²) in [6, 6.07) is 12.9. The van der Waals surface area contributed by atoms with Gasteiger partial charge in [-0.3, -0.25) is 4.79 Å². The summed E-state index contributed by atoms with van der Waals surface area (Å²) in [5.41, 5.74) is 2.52. The second kappa shape index (κ2) is 6.70. The van der Waals surface area contributed by atoms with Gasteiger partial charge in [-0.2, -0.15) is 0 Å². The van der Waals surface area contributed by atoms with Crippen molar-refractivity contribution in [2.75, 3.05) is 13.1 Å². The first kappa shape index (κ1) is 16.4. The third-order valence-corrected chi connectivity index (χ3v) is 5.05. The molecule has 1 N–H and O–H groups in total. The Morgan fingerprint density at radius 3 is 2.68 bits per heavy atom. The zero-order valence-corrected chi connectivity index (χ0v) is 15.0. The molecule has 4 rings (SSSR count). The Balaban J connectivity index is 1.57. The number of para-hydroxylation sites is 2. The topological polar surface area (TPSA) is 49.0 Å². The molecule has 0 bridgehead atoms. The van der Waals surface area contributed by atoms with Crippen LogP contribution in [0.25, 0.3) is 11.0 Å². The molecular formula is C19H17Cl2N3O. The molecule has 1 atom stereocenters. The molecule has 0 radical (unpaired) electrons. The van der Waals surface area contributed by atoms with E-state index in [9.17, 15) is 4.79 Å². The number of carbonyl (C=O) groups is 1. The fraction of sp³-hybridized carbons (Fsp3) is 0.263. The molecule has 6 heteroatoms. The summed E-state index contributed by atoms with van der Waals surface area (Å²) >= 11 is 12.1. The zero-order valence-electron chi connectivity index (χ0n) is 13.5. The summed E-state index contributed by atoms with van der Waals surface area (Å²) in [4.78, 5) is 22.8. The summed E-state index contributed by atoms with van der Waals surface area (Å²) in [5, 5.41) is 0.948. The molecule has 25 heavy (non-hydrogen) atoms. The maximum absolute atomic E-state index is 12.8. The quantitative estimate of drug-likeness (QED) is 0.694. The van der Waals surface area contributed by atoms with Gasteiger partial charge in [0.2, 0.25) is 0 Å². The fourth-order valence-corrected chi connectivity index (χ4v) is 3.94. The lowest BCUT2D eigenvalue weighted by molar-refractivity contribution is 0.0705. The highest BCUT2D eigenvalue weighted by atomic mass is 35.5. The average Bonchev–Trinajstić information content (AvgIpc) is 3.04. The van der Waals surface area contributed by atoms with Crippen molar-refractivity contribution in [3.05, 3.63) is 63.9 Å². The van der Waals surface area contributed by atoms with E-state index in [1.165, 1.54) is 0 Å². The van der Waals surface area contributed by atoms with Crippen molar-refractivity contribution in [2.24, 2.45) is 0 Å². The summed E-state index contributed by atoms with van der Waals surface area (Å²) in [7, 11) is 0. The Kier molecular flexibility index (Phi) is 4.40. The van der Waals surface area contributed by atoms with Crippen molar-refractivity contribution in [3.8, 4) is 0 Å². The van der Waals surface area contributed by atoms with Gasteiger partial charge in [-0.1, -0.05) is 35.3 Å². The van der Waals surface area contributed by atoms with Crippen LogP contribution in [-0.4, -0.2) is 33.9 Å². The maximum atomic E-state index is 12.8. The van der Waals surface area contributed by atoms with Gasteiger partial charge in [0.1, 0.15) is 5.82 Å². The van der Waals surface area contributed by atoms with Gasteiger partial charge >= 0.3 is 0 Å². The first-order chi connectivity index (χ1) is 12.1. The van der Waals surface area contributed by atoms with Crippen molar-refractivity contribution in [1.82, 2.24) is 14.9 Å². The molecule has 4 nitrogen and oxygen atoms in total. The van der Waals surface area contributed by atoms with Crippen molar-refractivity contribution in [1.29, 1.82) is 0 Å². The molecule has 2 heterocycles. The van der Waals surface area contributed by atoms with Gasteiger partial charge in [-0.05, 0) is 43.2 Å². The van der Waals surface area contributed by atoms with Crippen LogP contribution in [0.3, 0.4) is 0 Å². The summed E-state index contributed by atoms with van der Waals surface area (Å²) in [6.45, 7) is 1.38. The van der Waals surface area contributed by atoms with E-state index >= 15 is 0 Å². The second-order valence-corrected chi connectivity index (χ2v) is 7.26. The van der Waals surface area contributed by atoms with Crippen LogP contribution < -0.4 is 0 Å². The number of rotatable bonds is 2. The van der Waals surface area contributed by atoms with Crippen LogP contribution in [-0.2, 0) is 0 Å². The highest BCUT2D eigenvalue weighted by molar-refractivity contribution is 6.35. The molecule has 2 aromatic carbocycles. The lowest BCUT2D eigenvalue weighted by Gasteiger charge is -2.32. The Morgan fingerprint density at radius 1 is 1.16 bits per heavy atom. The number of likely N-dealkylation sites (tertiary alicyclic amines) is 1. The minimum atomic E-state index is -0.0368. The van der Waals surface area contributed by atoms with E-state index in [1.807, 2.05) is 29.2 Å². The number of aromatic amines is 1. The Bertz CT molecular complexity index is 884. The third kappa shape index (κ3) is 3.37. The third-order valence-electron chi connectivity index (χ3n) is 4.61. The number of hydrogen-bond acceptors (Lipinski definition) is 2. The molecule has 1 aliphatic rings. The highest BCUT2D eigenvalue weighted by Crippen LogP contribution is 2.28. The van der Waals surface area contributed by atoms with Crippen LogP contribution in [0.4, 0.5) is 0 Å². The lowest BCUT2D eigenvalue weighted by Crippen LogP contribution is -2.39. The molecule has 0 spiro atoms. The standard InChI is InChI=1S/C19H17Cl2N3O/c20-14-8-13(9-15(21)10-14)19(25)24-7-3-4-12(11-24)18-22-16-5-1-2-6-17(16)23-18/h1-2,5-6,8-10,12H,3-4,7,11H2,(H,22,23)/t12-/m0/s1. The number of aromatic nitrogens is 2. The molecule has 1 aromatic heterocycles. The summed E-state index contributed by atoms with van der Waals surface area (Å²) in [5.74, 6) is 1.12. The monoisotopic (exact) mass is 373 g/mol. The molecule has 1 saturated heterocycles. The number of carbonyl (C=O) groups excluding carboxylic acids is 1. The average molecular weight is 374 g/mol. The van der Waals surface area contributed by atoms with E-state index in [2.05, 4.69) is 4.98 Å². The SMILES string of the molecule is O=C(c1cc(Cl)cc(Cl)c1)N1CCC[C@H](c2nc3ccccc3[nH]2)C1. The van der Waals surface area contributed by atoms with E-state index in [-0.39, 0.29) is 11.8 Å². The summed E-state index contributed by atoms with van der Waals surface area (Å²) < 4.78 is 0. The molecule has 128 valence electrons. The molecule has 3 aromatic rings. The molecular weight excluding hydrogens is 357 g/mol. The van der Waals surface area contributed by atoms with Crippen LogP contribution in [0.5, 0.6) is 0 Å². The van der Waals surface area contributed by atoms with Crippen molar-refractivity contribution < 1.29 is 4.79 Å². The number of H-pyrrole nitrogens is 1. The smallest absolute Gasteiger partial charge is 0.253 e. The second-order valence-electron chi connectivity index (χ2n) is 6.39. The van der Waals surface area contributed by atoms with Crippen LogP contribution in [0, 0.1) is 0 Å². The predicted molar refractivity (Wildman–Crippen MR) is 100 cm³/mol.